The van der Waals surface area contributed by atoms with E-state index in [1.165, 1.54) is 0 Å². The van der Waals surface area contributed by atoms with Gasteiger partial charge in [-0.2, -0.15) is 0 Å². The summed E-state index contributed by atoms with van der Waals surface area (Å²) < 4.78 is 7.35. The van der Waals surface area contributed by atoms with Gasteiger partial charge in [0, 0.05) is 12.7 Å². The minimum absolute atomic E-state index is 0.781. The zero-order valence-corrected chi connectivity index (χ0v) is 8.00. The average Bonchev–Trinajstić information content (AvgIpc) is 2.48. The van der Waals surface area contributed by atoms with Crippen LogP contribution in [0.15, 0.2) is 6.20 Å². The molecule has 1 aromatic rings. The molecule has 68 valence electrons. The van der Waals surface area contributed by atoms with E-state index in [1.807, 2.05) is 27.0 Å². The summed E-state index contributed by atoms with van der Waals surface area (Å²) >= 11 is 0. The molecule has 2 rings (SSSR count). The summed E-state index contributed by atoms with van der Waals surface area (Å²) in [6, 6.07) is 0.781. The molecule has 1 aromatic heterocycles. The van der Waals surface area contributed by atoms with Crippen molar-refractivity contribution in [2.45, 2.75) is 33.7 Å². The molecule has 0 saturated heterocycles. The molecule has 0 spiro atoms. The van der Waals surface area contributed by atoms with Gasteiger partial charge >= 0.3 is 0 Å². The van der Waals surface area contributed by atoms with Gasteiger partial charge < -0.3 is 9.30 Å². The number of hydrogen-bond donors (Lipinski definition) is 0. The Balaban J connectivity index is 0.000000336. The van der Waals surface area contributed by atoms with Crippen LogP contribution in [0, 0.1) is 6.92 Å². The zero-order valence-electron chi connectivity index (χ0n) is 8.00. The molecule has 0 bridgehead atoms. The molecule has 2 heterocycles. The molecule has 0 unspecified atom stereocenters. The fourth-order valence-corrected chi connectivity index (χ4v) is 1.20. The molecular formula is C9H16N2O. The molecule has 0 radical (unpaired) electrons. The molecule has 0 amide bonds. The summed E-state index contributed by atoms with van der Waals surface area (Å²) in [5.41, 5.74) is 1.04. The van der Waals surface area contributed by atoms with Crippen molar-refractivity contribution in [2.75, 3.05) is 6.61 Å². The second-order valence-corrected chi connectivity index (χ2v) is 2.56. The Hall–Kier alpha value is -0.990. The first kappa shape index (κ1) is 9.10. The van der Waals surface area contributed by atoms with Gasteiger partial charge in [-0.05, 0) is 13.3 Å². The fraction of sp³-hybridized carbons (Fsp3) is 0.667. The predicted octanol–water partition coefficient (Wildman–Crippen LogP) is 2.00. The number of nitrogens with zero attached hydrogens (tertiary/aromatic N) is 2. The van der Waals surface area contributed by atoms with E-state index < -0.39 is 0 Å². The van der Waals surface area contributed by atoms with Gasteiger partial charge in [-0.15, -0.1) is 0 Å². The minimum atomic E-state index is 0.781. The Kier molecular flexibility index (Phi) is 3.14. The molecule has 0 aromatic carbocycles. The van der Waals surface area contributed by atoms with E-state index in [9.17, 15) is 0 Å². The van der Waals surface area contributed by atoms with Gasteiger partial charge in [-0.25, -0.2) is 4.98 Å². The van der Waals surface area contributed by atoms with E-state index in [4.69, 9.17) is 4.74 Å². The molecule has 0 fully saturated rings. The number of fused-ring (bicyclic) bond motifs is 1. The van der Waals surface area contributed by atoms with Crippen molar-refractivity contribution in [3.05, 3.63) is 11.9 Å². The number of imidazole rings is 1. The van der Waals surface area contributed by atoms with Crippen LogP contribution >= 0.6 is 0 Å². The third-order valence-corrected chi connectivity index (χ3v) is 1.63. The number of aryl methyl sites for hydroxylation is 2. The minimum Gasteiger partial charge on any atom is -0.465 e. The molecule has 1 aliphatic rings. The maximum atomic E-state index is 5.30. The second-order valence-electron chi connectivity index (χ2n) is 2.56. The van der Waals surface area contributed by atoms with Crippen molar-refractivity contribution >= 4 is 0 Å². The molecule has 0 saturated carbocycles. The molecule has 3 nitrogen and oxygen atoms in total. The Morgan fingerprint density at radius 2 is 2.25 bits per heavy atom. The summed E-state index contributed by atoms with van der Waals surface area (Å²) in [4.78, 5) is 4.19. The van der Waals surface area contributed by atoms with Gasteiger partial charge in [-0.1, -0.05) is 13.8 Å². The molecule has 3 heteroatoms. The first-order valence-electron chi connectivity index (χ1n) is 4.53. The van der Waals surface area contributed by atoms with Crippen LogP contribution in [-0.2, 0) is 6.54 Å². The Morgan fingerprint density at radius 3 is 2.92 bits per heavy atom. The summed E-state index contributed by atoms with van der Waals surface area (Å²) in [5.74, 6) is 0. The Labute approximate surface area is 73.4 Å². The molecule has 12 heavy (non-hydrogen) atoms. The van der Waals surface area contributed by atoms with E-state index in [0.29, 0.717) is 0 Å². The quantitative estimate of drug-likeness (QED) is 0.592. The first-order chi connectivity index (χ1) is 5.86. The van der Waals surface area contributed by atoms with Crippen LogP contribution in [0.25, 0.3) is 0 Å². The van der Waals surface area contributed by atoms with E-state index in [0.717, 1.165) is 31.3 Å². The van der Waals surface area contributed by atoms with Crippen molar-refractivity contribution in [3.8, 4) is 6.01 Å². The van der Waals surface area contributed by atoms with Crippen LogP contribution in [-0.4, -0.2) is 16.2 Å². The van der Waals surface area contributed by atoms with Gasteiger partial charge in [-0.3, -0.25) is 0 Å². The van der Waals surface area contributed by atoms with Crippen LogP contribution in [0.4, 0.5) is 0 Å². The average molecular weight is 168 g/mol. The standard InChI is InChI=1S/C7H10N2O.C2H6/c1-6-5-9-3-2-4-10-7(9)8-6;1-2/h5H,2-4H2,1H3;1-2H3. The van der Waals surface area contributed by atoms with Crippen molar-refractivity contribution in [3.63, 3.8) is 0 Å². The second kappa shape index (κ2) is 4.14. The zero-order chi connectivity index (χ0) is 8.97. The highest BCUT2D eigenvalue weighted by Gasteiger charge is 2.10. The molecule has 1 aliphatic heterocycles. The monoisotopic (exact) mass is 168 g/mol. The lowest BCUT2D eigenvalue weighted by Crippen LogP contribution is -2.13. The first-order valence-corrected chi connectivity index (χ1v) is 4.53. The molecule has 0 aliphatic carbocycles. The predicted molar refractivity (Wildman–Crippen MR) is 48.4 cm³/mol. The maximum Gasteiger partial charge on any atom is 0.296 e. The summed E-state index contributed by atoms with van der Waals surface area (Å²) in [6.45, 7) is 7.85. The van der Waals surface area contributed by atoms with Crippen LogP contribution in [0.3, 0.4) is 0 Å². The van der Waals surface area contributed by atoms with Crippen molar-refractivity contribution in [2.24, 2.45) is 0 Å². The van der Waals surface area contributed by atoms with E-state index in [-0.39, 0.29) is 0 Å². The van der Waals surface area contributed by atoms with Gasteiger partial charge in [0.2, 0.25) is 0 Å². The molecule has 0 atom stereocenters. The van der Waals surface area contributed by atoms with Crippen LogP contribution < -0.4 is 4.74 Å². The lowest BCUT2D eigenvalue weighted by atomic mass is 10.4. The van der Waals surface area contributed by atoms with Crippen molar-refractivity contribution < 1.29 is 4.74 Å². The summed E-state index contributed by atoms with van der Waals surface area (Å²) in [7, 11) is 0. The molecule has 0 N–H and O–H groups in total. The topological polar surface area (TPSA) is 27.1 Å². The highest BCUT2D eigenvalue weighted by atomic mass is 16.5. The third-order valence-electron chi connectivity index (χ3n) is 1.63. The third kappa shape index (κ3) is 1.78. The van der Waals surface area contributed by atoms with Crippen LogP contribution in [0.2, 0.25) is 0 Å². The van der Waals surface area contributed by atoms with Crippen molar-refractivity contribution in [1.82, 2.24) is 9.55 Å². The Morgan fingerprint density at radius 1 is 1.50 bits per heavy atom. The van der Waals surface area contributed by atoms with E-state index >= 15 is 0 Å². The number of ether oxygens (including phenoxy) is 1. The number of rotatable bonds is 0. The van der Waals surface area contributed by atoms with Gasteiger partial charge in [0.05, 0.1) is 12.3 Å². The van der Waals surface area contributed by atoms with Gasteiger partial charge in [0.25, 0.3) is 6.01 Å². The van der Waals surface area contributed by atoms with Gasteiger partial charge in [0.1, 0.15) is 0 Å². The van der Waals surface area contributed by atoms with E-state index in [2.05, 4.69) is 9.55 Å². The smallest absolute Gasteiger partial charge is 0.296 e. The number of aromatic nitrogens is 2. The maximum absolute atomic E-state index is 5.30. The van der Waals surface area contributed by atoms with Crippen LogP contribution in [0.5, 0.6) is 6.01 Å². The summed E-state index contributed by atoms with van der Waals surface area (Å²) in [5, 5.41) is 0. The normalized spacial score (nSPS) is 13.9. The van der Waals surface area contributed by atoms with Crippen LogP contribution in [0.1, 0.15) is 26.0 Å². The lowest BCUT2D eigenvalue weighted by molar-refractivity contribution is 0.231. The molecular weight excluding hydrogens is 152 g/mol. The number of hydrogen-bond acceptors (Lipinski definition) is 2. The lowest BCUT2D eigenvalue weighted by Gasteiger charge is -2.13. The highest BCUT2D eigenvalue weighted by Crippen LogP contribution is 2.15. The van der Waals surface area contributed by atoms with Gasteiger partial charge in [0.15, 0.2) is 0 Å². The van der Waals surface area contributed by atoms with E-state index in [1.54, 1.807) is 0 Å². The SMILES string of the molecule is CC.Cc1cn2c(n1)OCCC2. The largest absolute Gasteiger partial charge is 0.465 e. The summed E-state index contributed by atoms with van der Waals surface area (Å²) in [6.07, 6.45) is 3.12. The highest BCUT2D eigenvalue weighted by molar-refractivity contribution is 5.07. The Bertz CT molecular complexity index is 219. The fourth-order valence-electron chi connectivity index (χ4n) is 1.20. The van der Waals surface area contributed by atoms with Crippen molar-refractivity contribution in [1.29, 1.82) is 0 Å².